The SMILES string of the molecule is CC1(C(=O)O)CCCN1C(=O)c1ccn[nH]1. The number of nitrogens with one attached hydrogen (secondary N) is 1. The average Bonchev–Trinajstić information content (AvgIpc) is 2.85. The number of hydrogen-bond donors (Lipinski definition) is 2. The van der Waals surface area contributed by atoms with E-state index >= 15 is 0 Å². The molecule has 1 saturated heterocycles. The first-order chi connectivity index (χ1) is 7.55. The molecule has 86 valence electrons. The van der Waals surface area contributed by atoms with Crippen LogP contribution < -0.4 is 0 Å². The second-order valence-electron chi connectivity index (χ2n) is 4.11. The summed E-state index contributed by atoms with van der Waals surface area (Å²) in [5.41, 5.74) is -0.767. The van der Waals surface area contributed by atoms with Crippen molar-refractivity contribution in [3.63, 3.8) is 0 Å². The van der Waals surface area contributed by atoms with Crippen molar-refractivity contribution in [2.45, 2.75) is 25.3 Å². The van der Waals surface area contributed by atoms with E-state index in [0.29, 0.717) is 25.1 Å². The van der Waals surface area contributed by atoms with E-state index in [-0.39, 0.29) is 5.91 Å². The Morgan fingerprint density at radius 1 is 1.62 bits per heavy atom. The van der Waals surface area contributed by atoms with Crippen LogP contribution in [-0.2, 0) is 4.79 Å². The number of nitrogens with zero attached hydrogens (tertiary/aromatic N) is 2. The first kappa shape index (κ1) is 10.7. The highest BCUT2D eigenvalue weighted by atomic mass is 16.4. The van der Waals surface area contributed by atoms with E-state index in [1.807, 2.05) is 0 Å². The fourth-order valence-corrected chi connectivity index (χ4v) is 2.03. The van der Waals surface area contributed by atoms with Crippen molar-refractivity contribution < 1.29 is 14.7 Å². The lowest BCUT2D eigenvalue weighted by Crippen LogP contribution is -2.50. The van der Waals surface area contributed by atoms with Crippen molar-refractivity contribution in [3.8, 4) is 0 Å². The summed E-state index contributed by atoms with van der Waals surface area (Å²) in [5, 5.41) is 15.4. The summed E-state index contributed by atoms with van der Waals surface area (Å²) in [5.74, 6) is -1.27. The van der Waals surface area contributed by atoms with Gasteiger partial charge in [-0.1, -0.05) is 0 Å². The van der Waals surface area contributed by atoms with E-state index < -0.39 is 11.5 Å². The Bertz CT molecular complexity index is 415. The van der Waals surface area contributed by atoms with Gasteiger partial charge < -0.3 is 10.0 Å². The van der Waals surface area contributed by atoms with Gasteiger partial charge in [-0.3, -0.25) is 9.89 Å². The van der Waals surface area contributed by atoms with E-state index in [9.17, 15) is 9.59 Å². The zero-order valence-electron chi connectivity index (χ0n) is 8.93. The number of aliphatic carboxylic acids is 1. The molecule has 2 N–H and O–H groups in total. The largest absolute Gasteiger partial charge is 0.480 e. The van der Waals surface area contributed by atoms with Crippen molar-refractivity contribution in [1.82, 2.24) is 15.1 Å². The van der Waals surface area contributed by atoms with E-state index in [0.717, 1.165) is 0 Å². The lowest BCUT2D eigenvalue weighted by molar-refractivity contribution is -0.147. The highest BCUT2D eigenvalue weighted by molar-refractivity contribution is 5.96. The van der Waals surface area contributed by atoms with Crippen molar-refractivity contribution in [2.24, 2.45) is 0 Å². The number of aromatic amines is 1. The molecule has 0 radical (unpaired) electrons. The summed E-state index contributed by atoms with van der Waals surface area (Å²) in [7, 11) is 0. The number of amides is 1. The fourth-order valence-electron chi connectivity index (χ4n) is 2.03. The summed E-state index contributed by atoms with van der Waals surface area (Å²) >= 11 is 0. The maximum absolute atomic E-state index is 12.0. The molecule has 6 nitrogen and oxygen atoms in total. The quantitative estimate of drug-likeness (QED) is 0.763. The minimum absolute atomic E-state index is 0.306. The molecule has 0 saturated carbocycles. The predicted octanol–water partition coefficient (Wildman–Crippen LogP) is 0.489. The third-order valence-corrected chi connectivity index (χ3v) is 3.08. The minimum Gasteiger partial charge on any atom is -0.480 e. The van der Waals surface area contributed by atoms with Gasteiger partial charge in [0.25, 0.3) is 5.91 Å². The lowest BCUT2D eigenvalue weighted by Gasteiger charge is -2.30. The highest BCUT2D eigenvalue weighted by Crippen LogP contribution is 2.30. The molecule has 1 aromatic heterocycles. The molecule has 1 unspecified atom stereocenters. The van der Waals surface area contributed by atoms with Crippen LogP contribution in [0.3, 0.4) is 0 Å². The fraction of sp³-hybridized carbons (Fsp3) is 0.500. The van der Waals surface area contributed by atoms with Gasteiger partial charge in [-0.15, -0.1) is 0 Å². The number of H-pyrrole nitrogens is 1. The first-order valence-corrected chi connectivity index (χ1v) is 5.10. The molecular formula is C10H13N3O3. The molecule has 1 atom stereocenters. The molecule has 1 aliphatic heterocycles. The molecule has 1 aliphatic rings. The van der Waals surface area contributed by atoms with E-state index in [4.69, 9.17) is 5.11 Å². The summed E-state index contributed by atoms with van der Waals surface area (Å²) in [4.78, 5) is 24.6. The molecule has 1 aromatic rings. The van der Waals surface area contributed by atoms with Gasteiger partial charge in [0.2, 0.25) is 0 Å². The smallest absolute Gasteiger partial charge is 0.329 e. The third kappa shape index (κ3) is 1.46. The van der Waals surface area contributed by atoms with Crippen LogP contribution in [0, 0.1) is 0 Å². The Morgan fingerprint density at radius 3 is 2.94 bits per heavy atom. The van der Waals surface area contributed by atoms with Gasteiger partial charge in [0, 0.05) is 12.7 Å². The topological polar surface area (TPSA) is 86.3 Å². The van der Waals surface area contributed by atoms with E-state index in [1.165, 1.54) is 11.1 Å². The van der Waals surface area contributed by atoms with Gasteiger partial charge in [0.05, 0.1) is 0 Å². The van der Waals surface area contributed by atoms with Crippen LogP contribution in [0.15, 0.2) is 12.3 Å². The second kappa shape index (κ2) is 3.62. The molecule has 16 heavy (non-hydrogen) atoms. The third-order valence-electron chi connectivity index (χ3n) is 3.08. The molecular weight excluding hydrogens is 210 g/mol. The molecule has 0 aromatic carbocycles. The Kier molecular flexibility index (Phi) is 2.41. The normalized spacial score (nSPS) is 24.7. The van der Waals surface area contributed by atoms with Gasteiger partial charge in [-0.05, 0) is 25.8 Å². The molecule has 0 bridgehead atoms. The standard InChI is InChI=1S/C10H13N3O3/c1-10(9(15)16)4-2-6-13(10)8(14)7-3-5-11-12-7/h3,5H,2,4,6H2,1H3,(H,11,12)(H,15,16). The maximum Gasteiger partial charge on any atom is 0.329 e. The lowest BCUT2D eigenvalue weighted by atomic mass is 9.99. The van der Waals surface area contributed by atoms with Gasteiger partial charge in [-0.2, -0.15) is 5.10 Å². The molecule has 2 heterocycles. The predicted molar refractivity (Wildman–Crippen MR) is 54.9 cm³/mol. The molecule has 2 rings (SSSR count). The van der Waals surface area contributed by atoms with Crippen LogP contribution in [-0.4, -0.2) is 44.2 Å². The van der Waals surface area contributed by atoms with Crippen molar-refractivity contribution in [1.29, 1.82) is 0 Å². The Morgan fingerprint density at radius 2 is 2.38 bits per heavy atom. The number of carboxylic acids is 1. The van der Waals surface area contributed by atoms with Crippen molar-refractivity contribution in [2.75, 3.05) is 6.54 Å². The second-order valence-corrected chi connectivity index (χ2v) is 4.11. The molecule has 6 heteroatoms. The van der Waals surface area contributed by atoms with Gasteiger partial charge >= 0.3 is 5.97 Å². The highest BCUT2D eigenvalue weighted by Gasteiger charge is 2.46. The number of carbonyl (C=O) groups excluding carboxylic acids is 1. The van der Waals surface area contributed by atoms with Crippen LogP contribution in [0.1, 0.15) is 30.3 Å². The molecule has 1 amide bonds. The summed E-state index contributed by atoms with van der Waals surface area (Å²) in [6.07, 6.45) is 2.67. The first-order valence-electron chi connectivity index (χ1n) is 5.10. The zero-order chi connectivity index (χ0) is 11.8. The van der Waals surface area contributed by atoms with E-state index in [2.05, 4.69) is 10.2 Å². The molecule has 1 fully saturated rings. The minimum atomic E-state index is -1.10. The Labute approximate surface area is 92.3 Å². The Hall–Kier alpha value is -1.85. The van der Waals surface area contributed by atoms with Crippen LogP contribution in [0.4, 0.5) is 0 Å². The molecule has 0 aliphatic carbocycles. The average molecular weight is 223 g/mol. The summed E-state index contributed by atoms with van der Waals surface area (Å²) in [6.45, 7) is 2.05. The Balaban J connectivity index is 2.27. The monoisotopic (exact) mass is 223 g/mol. The number of carboxylic acid groups (broad SMARTS) is 1. The van der Waals surface area contributed by atoms with Crippen molar-refractivity contribution >= 4 is 11.9 Å². The van der Waals surface area contributed by atoms with Gasteiger partial charge in [-0.25, -0.2) is 4.79 Å². The maximum atomic E-state index is 12.0. The molecule has 0 spiro atoms. The number of carbonyl (C=O) groups is 2. The number of hydrogen-bond acceptors (Lipinski definition) is 3. The van der Waals surface area contributed by atoms with Crippen LogP contribution >= 0.6 is 0 Å². The number of likely N-dealkylation sites (tertiary alicyclic amines) is 1. The number of aromatic nitrogens is 2. The summed E-state index contributed by atoms with van der Waals surface area (Å²) < 4.78 is 0. The van der Waals surface area contributed by atoms with Crippen LogP contribution in [0.5, 0.6) is 0 Å². The van der Waals surface area contributed by atoms with Gasteiger partial charge in [0.1, 0.15) is 11.2 Å². The summed E-state index contributed by atoms with van der Waals surface area (Å²) in [6, 6.07) is 1.54. The number of rotatable bonds is 2. The van der Waals surface area contributed by atoms with E-state index in [1.54, 1.807) is 13.0 Å². The zero-order valence-corrected chi connectivity index (χ0v) is 8.93. The van der Waals surface area contributed by atoms with Crippen molar-refractivity contribution in [3.05, 3.63) is 18.0 Å². The van der Waals surface area contributed by atoms with Crippen LogP contribution in [0.25, 0.3) is 0 Å². The van der Waals surface area contributed by atoms with Gasteiger partial charge in [0.15, 0.2) is 0 Å². The van der Waals surface area contributed by atoms with Crippen LogP contribution in [0.2, 0.25) is 0 Å².